The fourth-order valence-electron chi connectivity index (χ4n) is 5.33. The number of para-hydroxylation sites is 1. The minimum Gasteiger partial charge on any atom is -0.352 e. The maximum absolute atomic E-state index is 13.0. The molecule has 0 bridgehead atoms. The molecule has 2 amide bonds. The molecule has 2 aromatic heterocycles. The topological polar surface area (TPSA) is 61.4 Å². The molecular weight excluding hydrogens is 546 g/mol. The van der Waals surface area contributed by atoms with Gasteiger partial charge in [-0.3, -0.25) is 0 Å². The molecule has 6 rings (SSSR count). The molecule has 0 spiro atoms. The Morgan fingerprint density at radius 3 is 2.59 bits per heavy atom. The smallest absolute Gasteiger partial charge is 0.321 e. The monoisotopic (exact) mass is 575 g/mol. The lowest BCUT2D eigenvalue weighted by Crippen LogP contribution is -2.50. The van der Waals surface area contributed by atoms with Crippen molar-refractivity contribution in [2.45, 2.75) is 32.6 Å². The van der Waals surface area contributed by atoms with Crippen LogP contribution in [0.1, 0.15) is 35.2 Å². The molecule has 1 fully saturated rings. The minimum absolute atomic E-state index is 0.0638. The zero-order valence-electron chi connectivity index (χ0n) is 20.9. The zero-order chi connectivity index (χ0) is 25.4. The SMILES string of the molecule is CC1CCc2c(sc3nc(Cc4ccccc4)nc(N4CCN(C(=O)Nc5ccccc5Br)CC4)c23)C1. The first kappa shape index (κ1) is 24.4. The van der Waals surface area contributed by atoms with Gasteiger partial charge in [-0.25, -0.2) is 14.8 Å². The van der Waals surface area contributed by atoms with Crippen LogP contribution in [0.4, 0.5) is 16.3 Å². The molecule has 37 heavy (non-hydrogen) atoms. The van der Waals surface area contributed by atoms with E-state index in [4.69, 9.17) is 9.97 Å². The Balaban J connectivity index is 1.27. The van der Waals surface area contributed by atoms with E-state index in [-0.39, 0.29) is 6.03 Å². The molecule has 3 heterocycles. The number of hydrogen-bond acceptors (Lipinski definition) is 5. The van der Waals surface area contributed by atoms with Crippen molar-refractivity contribution in [1.82, 2.24) is 14.9 Å². The van der Waals surface area contributed by atoms with Crippen LogP contribution in [0.3, 0.4) is 0 Å². The second-order valence-corrected chi connectivity index (χ2v) is 12.0. The summed E-state index contributed by atoms with van der Waals surface area (Å²) in [5.74, 6) is 2.63. The van der Waals surface area contributed by atoms with Crippen LogP contribution in [0.5, 0.6) is 0 Å². The standard InChI is InChI=1S/C29H30BrN5OS/c1-19-11-12-21-24(17-19)37-28-26(21)27(32-25(33-28)18-20-7-3-2-4-8-20)34-13-15-35(16-14-34)29(36)31-23-10-6-5-9-22(23)30/h2-10,19H,11-18H2,1H3,(H,31,36). The second-order valence-electron chi connectivity index (χ2n) is 10.0. The normalized spacial score (nSPS) is 17.6. The molecule has 4 aromatic rings. The number of hydrogen-bond donors (Lipinski definition) is 1. The number of aryl methyl sites for hydroxylation is 1. The first-order valence-corrected chi connectivity index (χ1v) is 14.6. The number of urea groups is 1. The summed E-state index contributed by atoms with van der Waals surface area (Å²) < 4.78 is 0.882. The molecule has 1 atom stereocenters. The van der Waals surface area contributed by atoms with Gasteiger partial charge in [0.25, 0.3) is 0 Å². The van der Waals surface area contributed by atoms with Crippen molar-refractivity contribution in [2.24, 2.45) is 5.92 Å². The van der Waals surface area contributed by atoms with Crippen molar-refractivity contribution in [3.63, 3.8) is 0 Å². The summed E-state index contributed by atoms with van der Waals surface area (Å²) in [7, 11) is 0. The van der Waals surface area contributed by atoms with Crippen LogP contribution in [0.15, 0.2) is 59.1 Å². The van der Waals surface area contributed by atoms with Gasteiger partial charge in [0.2, 0.25) is 0 Å². The van der Waals surface area contributed by atoms with E-state index in [1.807, 2.05) is 46.6 Å². The maximum Gasteiger partial charge on any atom is 0.321 e. The Kier molecular flexibility index (Phi) is 6.86. The van der Waals surface area contributed by atoms with Gasteiger partial charge in [-0.15, -0.1) is 11.3 Å². The molecule has 0 radical (unpaired) electrons. The highest BCUT2D eigenvalue weighted by atomic mass is 79.9. The third-order valence-electron chi connectivity index (χ3n) is 7.37. The van der Waals surface area contributed by atoms with Gasteiger partial charge in [-0.05, 0) is 64.4 Å². The number of carbonyl (C=O) groups excluding carboxylic acids is 1. The number of piperazine rings is 1. The molecule has 1 saturated heterocycles. The Labute approximate surface area is 229 Å². The fourth-order valence-corrected chi connectivity index (χ4v) is 7.11. The lowest BCUT2D eigenvalue weighted by Gasteiger charge is -2.36. The van der Waals surface area contributed by atoms with Crippen LogP contribution in [0.25, 0.3) is 10.2 Å². The van der Waals surface area contributed by atoms with E-state index in [1.165, 1.54) is 27.8 Å². The fraction of sp³-hybridized carbons (Fsp3) is 0.345. The first-order chi connectivity index (χ1) is 18.0. The highest BCUT2D eigenvalue weighted by Crippen LogP contribution is 2.41. The maximum atomic E-state index is 13.0. The minimum atomic E-state index is -0.0638. The number of anilines is 2. The average molecular weight is 577 g/mol. The van der Waals surface area contributed by atoms with Crippen LogP contribution < -0.4 is 10.2 Å². The average Bonchev–Trinajstić information content (AvgIpc) is 3.27. The van der Waals surface area contributed by atoms with Gasteiger partial charge in [-0.2, -0.15) is 0 Å². The third-order valence-corrected chi connectivity index (χ3v) is 9.21. The number of benzene rings is 2. The molecule has 0 saturated carbocycles. The number of nitrogens with zero attached hydrogens (tertiary/aromatic N) is 4. The van der Waals surface area contributed by atoms with E-state index >= 15 is 0 Å². The largest absolute Gasteiger partial charge is 0.352 e. The quantitative estimate of drug-likeness (QED) is 0.301. The van der Waals surface area contributed by atoms with Crippen molar-refractivity contribution >= 4 is 55.0 Å². The van der Waals surface area contributed by atoms with Crippen LogP contribution >= 0.6 is 27.3 Å². The lowest BCUT2D eigenvalue weighted by molar-refractivity contribution is 0.208. The Bertz CT molecular complexity index is 1430. The number of aromatic nitrogens is 2. The Morgan fingerprint density at radius 2 is 1.81 bits per heavy atom. The second kappa shape index (κ2) is 10.4. The molecule has 190 valence electrons. The van der Waals surface area contributed by atoms with E-state index in [0.717, 1.165) is 59.0 Å². The number of carbonyl (C=O) groups is 1. The van der Waals surface area contributed by atoms with Crippen LogP contribution in [0, 0.1) is 5.92 Å². The van der Waals surface area contributed by atoms with E-state index in [2.05, 4.69) is 57.3 Å². The molecule has 1 unspecified atom stereocenters. The summed E-state index contributed by atoms with van der Waals surface area (Å²) in [6.07, 6.45) is 4.16. The summed E-state index contributed by atoms with van der Waals surface area (Å²) >= 11 is 5.38. The Hall–Kier alpha value is -2.97. The number of amides is 2. The number of nitrogens with one attached hydrogen (secondary N) is 1. The third kappa shape index (κ3) is 5.09. The van der Waals surface area contributed by atoms with E-state index in [1.54, 1.807) is 0 Å². The molecule has 1 aliphatic carbocycles. The van der Waals surface area contributed by atoms with E-state index < -0.39 is 0 Å². The van der Waals surface area contributed by atoms with Crippen molar-refractivity contribution in [3.8, 4) is 0 Å². The van der Waals surface area contributed by atoms with Gasteiger partial charge in [0.05, 0.1) is 11.1 Å². The molecule has 6 nitrogen and oxygen atoms in total. The van der Waals surface area contributed by atoms with Crippen molar-refractivity contribution < 1.29 is 4.79 Å². The molecule has 1 N–H and O–H groups in total. The van der Waals surface area contributed by atoms with Gasteiger partial charge in [0.1, 0.15) is 16.5 Å². The molecule has 1 aliphatic heterocycles. The van der Waals surface area contributed by atoms with Gasteiger partial charge in [0.15, 0.2) is 0 Å². The lowest BCUT2D eigenvalue weighted by atomic mass is 9.89. The number of halogens is 1. The molecule has 2 aliphatic rings. The molecular formula is C29H30BrN5OS. The van der Waals surface area contributed by atoms with Gasteiger partial charge in [-0.1, -0.05) is 49.4 Å². The summed E-state index contributed by atoms with van der Waals surface area (Å²) in [5, 5.41) is 4.28. The number of fused-ring (bicyclic) bond motifs is 3. The summed E-state index contributed by atoms with van der Waals surface area (Å²) in [6, 6.07) is 18.1. The van der Waals surface area contributed by atoms with Crippen LogP contribution in [-0.4, -0.2) is 47.1 Å². The zero-order valence-corrected chi connectivity index (χ0v) is 23.3. The van der Waals surface area contributed by atoms with Crippen molar-refractivity contribution in [2.75, 3.05) is 36.4 Å². The van der Waals surface area contributed by atoms with E-state index in [0.29, 0.717) is 19.0 Å². The summed E-state index contributed by atoms with van der Waals surface area (Å²) in [4.78, 5) is 30.0. The van der Waals surface area contributed by atoms with Gasteiger partial charge in [0, 0.05) is 41.9 Å². The predicted molar refractivity (Wildman–Crippen MR) is 155 cm³/mol. The summed E-state index contributed by atoms with van der Waals surface area (Å²) in [6.45, 7) is 5.15. The first-order valence-electron chi connectivity index (χ1n) is 13.0. The highest BCUT2D eigenvalue weighted by Gasteiger charge is 2.28. The van der Waals surface area contributed by atoms with Gasteiger partial charge < -0.3 is 15.1 Å². The van der Waals surface area contributed by atoms with Crippen molar-refractivity contribution in [1.29, 1.82) is 0 Å². The Morgan fingerprint density at radius 1 is 1.05 bits per heavy atom. The predicted octanol–water partition coefficient (Wildman–Crippen LogP) is 6.52. The van der Waals surface area contributed by atoms with E-state index in [9.17, 15) is 4.79 Å². The van der Waals surface area contributed by atoms with Crippen LogP contribution in [-0.2, 0) is 19.3 Å². The summed E-state index contributed by atoms with van der Waals surface area (Å²) in [5.41, 5.74) is 3.46. The van der Waals surface area contributed by atoms with Crippen molar-refractivity contribution in [3.05, 3.63) is 80.9 Å². The van der Waals surface area contributed by atoms with Gasteiger partial charge >= 0.3 is 6.03 Å². The highest BCUT2D eigenvalue weighted by molar-refractivity contribution is 9.10. The number of rotatable bonds is 4. The van der Waals surface area contributed by atoms with Crippen LogP contribution in [0.2, 0.25) is 0 Å². The number of thiophene rings is 1. The molecule has 2 aromatic carbocycles. The molecule has 8 heteroatoms.